The molecule has 0 saturated heterocycles. The summed E-state index contributed by atoms with van der Waals surface area (Å²) in [5.41, 5.74) is 6.54. The van der Waals surface area contributed by atoms with Crippen molar-refractivity contribution >= 4 is 17.4 Å². The van der Waals surface area contributed by atoms with Crippen LogP contribution in [0.25, 0.3) is 0 Å². The second-order valence-electron chi connectivity index (χ2n) is 3.61. The van der Waals surface area contributed by atoms with Gasteiger partial charge in [0, 0.05) is 26.3 Å². The van der Waals surface area contributed by atoms with E-state index in [1.165, 1.54) is 12.8 Å². The normalized spacial score (nSPS) is 10.4. The SMILES string of the molecule is CCCCN(C)c1cc(CN)c(Cl)cn1. The number of nitrogens with two attached hydrogens (primary N) is 1. The number of pyridine rings is 1. The lowest BCUT2D eigenvalue weighted by Gasteiger charge is -2.18. The smallest absolute Gasteiger partial charge is 0.128 e. The summed E-state index contributed by atoms with van der Waals surface area (Å²) in [6, 6.07) is 1.96. The third-order valence-corrected chi connectivity index (χ3v) is 2.72. The molecule has 0 saturated carbocycles. The largest absolute Gasteiger partial charge is 0.360 e. The number of aromatic nitrogens is 1. The number of hydrogen-bond acceptors (Lipinski definition) is 3. The van der Waals surface area contributed by atoms with Gasteiger partial charge in [-0.2, -0.15) is 0 Å². The minimum absolute atomic E-state index is 0.454. The zero-order chi connectivity index (χ0) is 11.3. The Morgan fingerprint density at radius 2 is 2.27 bits per heavy atom. The monoisotopic (exact) mass is 227 g/mol. The minimum Gasteiger partial charge on any atom is -0.360 e. The van der Waals surface area contributed by atoms with E-state index in [-0.39, 0.29) is 0 Å². The van der Waals surface area contributed by atoms with E-state index in [1.54, 1.807) is 6.20 Å². The Labute approximate surface area is 96.2 Å². The van der Waals surface area contributed by atoms with Crippen molar-refractivity contribution < 1.29 is 0 Å². The van der Waals surface area contributed by atoms with Crippen LogP contribution in [-0.2, 0) is 6.54 Å². The molecular weight excluding hydrogens is 210 g/mol. The Kier molecular flexibility index (Phi) is 4.85. The predicted molar refractivity (Wildman–Crippen MR) is 65.3 cm³/mol. The lowest BCUT2D eigenvalue weighted by Crippen LogP contribution is -2.19. The third kappa shape index (κ3) is 3.36. The first-order valence-electron chi connectivity index (χ1n) is 5.24. The summed E-state index contributed by atoms with van der Waals surface area (Å²) in [6.45, 7) is 3.64. The van der Waals surface area contributed by atoms with Gasteiger partial charge in [-0.15, -0.1) is 0 Å². The molecule has 0 bridgehead atoms. The molecule has 0 radical (unpaired) electrons. The first-order chi connectivity index (χ1) is 7.19. The van der Waals surface area contributed by atoms with E-state index in [4.69, 9.17) is 17.3 Å². The number of halogens is 1. The van der Waals surface area contributed by atoms with Gasteiger partial charge in [0.05, 0.1) is 5.02 Å². The predicted octanol–water partition coefficient (Wildman–Crippen LogP) is 2.43. The van der Waals surface area contributed by atoms with E-state index < -0.39 is 0 Å². The van der Waals surface area contributed by atoms with E-state index in [2.05, 4.69) is 16.8 Å². The Bertz CT molecular complexity index is 315. The summed E-state index contributed by atoms with van der Waals surface area (Å²) >= 11 is 5.94. The summed E-state index contributed by atoms with van der Waals surface area (Å²) in [5.74, 6) is 0.938. The van der Waals surface area contributed by atoms with Gasteiger partial charge < -0.3 is 10.6 Å². The average molecular weight is 228 g/mol. The summed E-state index contributed by atoms with van der Waals surface area (Å²) in [4.78, 5) is 6.40. The van der Waals surface area contributed by atoms with Crippen molar-refractivity contribution in [3.63, 3.8) is 0 Å². The lowest BCUT2D eigenvalue weighted by atomic mass is 10.2. The molecule has 1 rings (SSSR count). The molecule has 2 N–H and O–H groups in total. The van der Waals surface area contributed by atoms with Gasteiger partial charge in [-0.25, -0.2) is 4.98 Å². The maximum Gasteiger partial charge on any atom is 0.128 e. The van der Waals surface area contributed by atoms with E-state index in [1.807, 2.05) is 13.1 Å². The Morgan fingerprint density at radius 3 is 2.87 bits per heavy atom. The first kappa shape index (κ1) is 12.3. The topological polar surface area (TPSA) is 42.1 Å². The van der Waals surface area contributed by atoms with Crippen molar-refractivity contribution in [2.45, 2.75) is 26.3 Å². The molecule has 84 valence electrons. The number of hydrogen-bond donors (Lipinski definition) is 1. The average Bonchev–Trinajstić information content (AvgIpc) is 2.26. The molecule has 1 aromatic rings. The van der Waals surface area contributed by atoms with Crippen LogP contribution < -0.4 is 10.6 Å². The molecule has 3 nitrogen and oxygen atoms in total. The van der Waals surface area contributed by atoms with E-state index in [9.17, 15) is 0 Å². The van der Waals surface area contributed by atoms with Crippen LogP contribution in [0.3, 0.4) is 0 Å². The summed E-state index contributed by atoms with van der Waals surface area (Å²) in [6.07, 6.45) is 4.02. The van der Waals surface area contributed by atoms with Crippen LogP contribution in [0.1, 0.15) is 25.3 Å². The van der Waals surface area contributed by atoms with Crippen molar-refractivity contribution in [2.75, 3.05) is 18.5 Å². The maximum absolute atomic E-state index is 5.94. The van der Waals surface area contributed by atoms with Crippen molar-refractivity contribution in [3.8, 4) is 0 Å². The second kappa shape index (κ2) is 5.93. The van der Waals surface area contributed by atoms with Crippen LogP contribution in [-0.4, -0.2) is 18.6 Å². The second-order valence-corrected chi connectivity index (χ2v) is 4.02. The van der Waals surface area contributed by atoms with Gasteiger partial charge in [0.1, 0.15) is 5.82 Å². The zero-order valence-corrected chi connectivity index (χ0v) is 10.1. The minimum atomic E-state index is 0.454. The summed E-state index contributed by atoms with van der Waals surface area (Å²) in [5, 5.41) is 0.644. The highest BCUT2D eigenvalue weighted by Crippen LogP contribution is 2.19. The highest BCUT2D eigenvalue weighted by molar-refractivity contribution is 6.31. The molecule has 15 heavy (non-hydrogen) atoms. The van der Waals surface area contributed by atoms with Crippen LogP contribution in [0.15, 0.2) is 12.3 Å². The fraction of sp³-hybridized carbons (Fsp3) is 0.545. The Morgan fingerprint density at radius 1 is 1.53 bits per heavy atom. The van der Waals surface area contributed by atoms with Crippen LogP contribution in [0, 0.1) is 0 Å². The Hall–Kier alpha value is -0.800. The molecule has 0 atom stereocenters. The molecule has 0 aliphatic rings. The Balaban J connectivity index is 2.76. The molecule has 4 heteroatoms. The number of rotatable bonds is 5. The highest BCUT2D eigenvalue weighted by Gasteiger charge is 2.05. The molecule has 0 fully saturated rings. The quantitative estimate of drug-likeness (QED) is 0.840. The van der Waals surface area contributed by atoms with Gasteiger partial charge >= 0.3 is 0 Å². The van der Waals surface area contributed by atoms with Gasteiger partial charge in [0.25, 0.3) is 0 Å². The fourth-order valence-electron chi connectivity index (χ4n) is 1.34. The highest BCUT2D eigenvalue weighted by atomic mass is 35.5. The van der Waals surface area contributed by atoms with Crippen molar-refractivity contribution in [2.24, 2.45) is 5.73 Å². The molecule has 0 amide bonds. The van der Waals surface area contributed by atoms with E-state index in [0.717, 1.165) is 17.9 Å². The zero-order valence-electron chi connectivity index (χ0n) is 9.33. The third-order valence-electron chi connectivity index (χ3n) is 2.38. The number of anilines is 1. The standard InChI is InChI=1S/C11H18ClN3/c1-3-4-5-15(2)11-6-9(7-13)10(12)8-14-11/h6,8H,3-5,7,13H2,1-2H3. The summed E-state index contributed by atoms with van der Waals surface area (Å²) in [7, 11) is 2.03. The van der Waals surface area contributed by atoms with Gasteiger partial charge in [-0.05, 0) is 18.1 Å². The van der Waals surface area contributed by atoms with Gasteiger partial charge in [0.15, 0.2) is 0 Å². The van der Waals surface area contributed by atoms with Crippen LogP contribution in [0.2, 0.25) is 5.02 Å². The first-order valence-corrected chi connectivity index (χ1v) is 5.62. The molecule has 1 aromatic heterocycles. The van der Waals surface area contributed by atoms with E-state index >= 15 is 0 Å². The fourth-order valence-corrected chi connectivity index (χ4v) is 1.52. The molecule has 1 heterocycles. The number of unbranched alkanes of at least 4 members (excludes halogenated alkanes) is 1. The molecule has 0 aliphatic carbocycles. The molecule has 0 aliphatic heterocycles. The maximum atomic E-state index is 5.94. The van der Waals surface area contributed by atoms with Crippen molar-refractivity contribution in [1.29, 1.82) is 0 Å². The van der Waals surface area contributed by atoms with Crippen molar-refractivity contribution in [3.05, 3.63) is 22.8 Å². The molecule has 0 spiro atoms. The van der Waals surface area contributed by atoms with Gasteiger partial charge in [-0.3, -0.25) is 0 Å². The van der Waals surface area contributed by atoms with E-state index in [0.29, 0.717) is 11.6 Å². The molecule has 0 unspecified atom stereocenters. The lowest BCUT2D eigenvalue weighted by molar-refractivity contribution is 0.759. The van der Waals surface area contributed by atoms with Gasteiger partial charge in [0.2, 0.25) is 0 Å². The van der Waals surface area contributed by atoms with Crippen LogP contribution in [0.4, 0.5) is 5.82 Å². The van der Waals surface area contributed by atoms with Crippen molar-refractivity contribution in [1.82, 2.24) is 4.98 Å². The summed E-state index contributed by atoms with van der Waals surface area (Å²) < 4.78 is 0. The van der Waals surface area contributed by atoms with Crippen LogP contribution >= 0.6 is 11.6 Å². The van der Waals surface area contributed by atoms with Crippen LogP contribution in [0.5, 0.6) is 0 Å². The number of nitrogens with zero attached hydrogens (tertiary/aromatic N) is 2. The molecule has 0 aromatic carbocycles. The molecular formula is C11H18ClN3. The van der Waals surface area contributed by atoms with Gasteiger partial charge in [-0.1, -0.05) is 24.9 Å².